The number of Topliss-reactive ketones (excluding diaryl/α,β-unsaturated/α-hetero) is 1. The molecule has 1 amide bonds. The van der Waals surface area contributed by atoms with Gasteiger partial charge in [0.2, 0.25) is 0 Å². The van der Waals surface area contributed by atoms with Crippen LogP contribution in [-0.4, -0.2) is 61.7 Å². The minimum absolute atomic E-state index is 0.000483. The van der Waals surface area contributed by atoms with E-state index < -0.39 is 33.9 Å². The molecule has 1 fully saturated rings. The molecule has 8 heteroatoms. The average molecular weight is 395 g/mol. The summed E-state index contributed by atoms with van der Waals surface area (Å²) in [6.07, 6.45) is -0.762. The number of nitrogens with zero attached hydrogens (tertiary/aromatic N) is 1. The van der Waals surface area contributed by atoms with E-state index in [-0.39, 0.29) is 30.1 Å². The fourth-order valence-electron chi connectivity index (χ4n) is 2.95. The minimum atomic E-state index is -3.11. The number of aryl methyl sites for hydroxylation is 1. The molecule has 0 aromatic heterocycles. The monoisotopic (exact) mass is 395 g/mol. The van der Waals surface area contributed by atoms with E-state index in [1.165, 1.54) is 18.9 Å². The first kappa shape index (κ1) is 21.1. The van der Waals surface area contributed by atoms with Crippen LogP contribution in [0.1, 0.15) is 42.1 Å². The topological polar surface area (TPSA) is 97.8 Å². The van der Waals surface area contributed by atoms with Crippen LogP contribution >= 0.6 is 0 Å². The summed E-state index contributed by atoms with van der Waals surface area (Å²) in [6, 6.07) is 6.67. The lowest BCUT2D eigenvalue weighted by Gasteiger charge is -2.26. The zero-order valence-corrected chi connectivity index (χ0v) is 16.6. The molecule has 0 aliphatic carbocycles. The van der Waals surface area contributed by atoms with Crippen molar-refractivity contribution in [1.29, 1.82) is 0 Å². The van der Waals surface area contributed by atoms with E-state index in [4.69, 9.17) is 4.74 Å². The third-order valence-corrected chi connectivity index (χ3v) is 6.44. The van der Waals surface area contributed by atoms with Crippen molar-refractivity contribution in [1.82, 2.24) is 4.90 Å². The molecule has 1 aromatic rings. The number of ether oxygens (including phenoxy) is 1. The number of hydrogen-bond donors (Lipinski definition) is 0. The maximum absolute atomic E-state index is 12.4. The molecule has 0 bridgehead atoms. The third-order valence-electron chi connectivity index (χ3n) is 4.69. The van der Waals surface area contributed by atoms with E-state index in [9.17, 15) is 22.8 Å². The number of ketones is 1. The Bertz CT molecular complexity index is 815. The molecule has 0 radical (unpaired) electrons. The summed E-state index contributed by atoms with van der Waals surface area (Å²) in [4.78, 5) is 37.7. The minimum Gasteiger partial charge on any atom is -0.453 e. The van der Waals surface area contributed by atoms with E-state index in [0.717, 1.165) is 5.56 Å². The van der Waals surface area contributed by atoms with Gasteiger partial charge in [-0.05, 0) is 20.3 Å². The Balaban J connectivity index is 1.81. The number of rotatable bonds is 7. The molecule has 0 spiro atoms. The van der Waals surface area contributed by atoms with Crippen molar-refractivity contribution in [3.8, 4) is 0 Å². The van der Waals surface area contributed by atoms with E-state index >= 15 is 0 Å². The normalized spacial score (nSPS) is 19.3. The Morgan fingerprint density at radius 1 is 1.19 bits per heavy atom. The summed E-state index contributed by atoms with van der Waals surface area (Å²) >= 11 is 0. The molecule has 1 aliphatic heterocycles. The molecule has 1 saturated heterocycles. The molecular formula is C19H25NO6S. The second kappa shape index (κ2) is 8.65. The van der Waals surface area contributed by atoms with Gasteiger partial charge in [-0.3, -0.25) is 14.4 Å². The molecule has 7 nitrogen and oxygen atoms in total. The average Bonchev–Trinajstić information content (AvgIpc) is 2.98. The lowest BCUT2D eigenvalue weighted by atomic mass is 10.1. The van der Waals surface area contributed by atoms with Crippen LogP contribution in [0.25, 0.3) is 0 Å². The van der Waals surface area contributed by atoms with Crippen LogP contribution in [0.15, 0.2) is 24.3 Å². The van der Waals surface area contributed by atoms with Crippen molar-refractivity contribution in [3.05, 3.63) is 35.4 Å². The van der Waals surface area contributed by atoms with Crippen LogP contribution in [0, 0.1) is 6.92 Å². The lowest BCUT2D eigenvalue weighted by molar-refractivity contribution is -0.159. The SMILES string of the molecule is Cc1ccc(C(=O)CCC(=O)OC(C)C(=O)N(C)C2CCS(=O)(=O)C2)cc1. The van der Waals surface area contributed by atoms with Crippen LogP contribution in [0.3, 0.4) is 0 Å². The standard InChI is InChI=1S/C19H25NO6S/c1-13-4-6-15(7-5-13)17(21)8-9-18(22)26-14(2)19(23)20(3)16-10-11-27(24,25)12-16/h4-7,14,16H,8-12H2,1-3H3. The summed E-state index contributed by atoms with van der Waals surface area (Å²) in [5, 5.41) is 0. The van der Waals surface area contributed by atoms with Gasteiger partial charge in [0.15, 0.2) is 21.7 Å². The van der Waals surface area contributed by atoms with E-state index in [1.807, 2.05) is 19.1 Å². The Morgan fingerprint density at radius 3 is 2.37 bits per heavy atom. The molecule has 1 aliphatic rings. The van der Waals surface area contributed by atoms with Gasteiger partial charge in [-0.15, -0.1) is 0 Å². The zero-order chi connectivity index (χ0) is 20.2. The lowest BCUT2D eigenvalue weighted by Crippen LogP contribution is -2.44. The molecule has 148 valence electrons. The maximum Gasteiger partial charge on any atom is 0.307 e. The number of carbonyl (C=O) groups excluding carboxylic acids is 3. The Hall–Kier alpha value is -2.22. The molecule has 0 saturated carbocycles. The van der Waals surface area contributed by atoms with Gasteiger partial charge in [0, 0.05) is 25.1 Å². The molecule has 2 atom stereocenters. The molecule has 2 rings (SSSR count). The van der Waals surface area contributed by atoms with Crippen LogP contribution in [-0.2, 0) is 24.2 Å². The van der Waals surface area contributed by atoms with Crippen LogP contribution in [0.2, 0.25) is 0 Å². The van der Waals surface area contributed by atoms with Crippen molar-refractivity contribution in [2.45, 2.75) is 45.3 Å². The highest BCUT2D eigenvalue weighted by Gasteiger charge is 2.34. The van der Waals surface area contributed by atoms with Gasteiger partial charge in [0.05, 0.1) is 17.9 Å². The fraction of sp³-hybridized carbons (Fsp3) is 0.526. The summed E-state index contributed by atoms with van der Waals surface area (Å²) < 4.78 is 28.2. The van der Waals surface area contributed by atoms with Crippen LogP contribution in [0.4, 0.5) is 0 Å². The number of sulfone groups is 1. The largest absolute Gasteiger partial charge is 0.453 e. The second-order valence-corrected chi connectivity index (χ2v) is 9.16. The highest BCUT2D eigenvalue weighted by atomic mass is 32.2. The van der Waals surface area contributed by atoms with Crippen molar-refractivity contribution in [3.63, 3.8) is 0 Å². The predicted octanol–water partition coefficient (Wildman–Crippen LogP) is 1.54. The van der Waals surface area contributed by atoms with Gasteiger partial charge in [-0.25, -0.2) is 8.42 Å². The first-order chi connectivity index (χ1) is 12.6. The molecule has 27 heavy (non-hydrogen) atoms. The van der Waals surface area contributed by atoms with Gasteiger partial charge in [-0.1, -0.05) is 29.8 Å². The number of amides is 1. The predicted molar refractivity (Wildman–Crippen MR) is 100 cm³/mol. The number of likely N-dealkylation sites (N-methyl/N-ethyl adjacent to an activating group) is 1. The maximum atomic E-state index is 12.4. The van der Waals surface area contributed by atoms with Crippen molar-refractivity contribution in [2.24, 2.45) is 0 Å². The number of hydrogen-bond acceptors (Lipinski definition) is 6. The quantitative estimate of drug-likeness (QED) is 0.513. The summed E-state index contributed by atoms with van der Waals surface area (Å²) in [5.41, 5.74) is 1.57. The first-order valence-electron chi connectivity index (χ1n) is 8.85. The van der Waals surface area contributed by atoms with Gasteiger partial charge in [0.25, 0.3) is 5.91 Å². The molecule has 1 heterocycles. The molecule has 0 N–H and O–H groups in total. The Labute approximate surface area is 159 Å². The highest BCUT2D eigenvalue weighted by molar-refractivity contribution is 7.91. The Morgan fingerprint density at radius 2 is 1.81 bits per heavy atom. The number of benzene rings is 1. The number of carbonyl (C=O) groups is 3. The molecular weight excluding hydrogens is 370 g/mol. The van der Waals surface area contributed by atoms with Crippen molar-refractivity contribution in [2.75, 3.05) is 18.6 Å². The third kappa shape index (κ3) is 5.89. The van der Waals surface area contributed by atoms with Crippen molar-refractivity contribution >= 4 is 27.5 Å². The fourth-order valence-corrected chi connectivity index (χ4v) is 4.73. The van der Waals surface area contributed by atoms with Gasteiger partial charge in [-0.2, -0.15) is 0 Å². The zero-order valence-electron chi connectivity index (χ0n) is 15.8. The van der Waals surface area contributed by atoms with Crippen LogP contribution in [0.5, 0.6) is 0 Å². The smallest absolute Gasteiger partial charge is 0.307 e. The highest BCUT2D eigenvalue weighted by Crippen LogP contribution is 2.18. The molecule has 1 aromatic carbocycles. The Kier molecular flexibility index (Phi) is 6.75. The second-order valence-electron chi connectivity index (χ2n) is 6.93. The van der Waals surface area contributed by atoms with Gasteiger partial charge in [0.1, 0.15) is 0 Å². The van der Waals surface area contributed by atoms with E-state index in [1.54, 1.807) is 12.1 Å². The van der Waals surface area contributed by atoms with E-state index in [0.29, 0.717) is 12.0 Å². The summed E-state index contributed by atoms with van der Waals surface area (Å²) in [7, 11) is -1.60. The van der Waals surface area contributed by atoms with E-state index in [2.05, 4.69) is 0 Å². The summed E-state index contributed by atoms with van der Waals surface area (Å²) in [5.74, 6) is -1.26. The van der Waals surface area contributed by atoms with Gasteiger partial charge < -0.3 is 9.64 Å². The van der Waals surface area contributed by atoms with Gasteiger partial charge >= 0.3 is 5.97 Å². The van der Waals surface area contributed by atoms with Crippen LogP contribution < -0.4 is 0 Å². The molecule has 2 unspecified atom stereocenters. The first-order valence-corrected chi connectivity index (χ1v) is 10.7. The van der Waals surface area contributed by atoms with Crippen molar-refractivity contribution < 1.29 is 27.5 Å². The summed E-state index contributed by atoms with van der Waals surface area (Å²) in [6.45, 7) is 3.37. The number of esters is 1.